The lowest BCUT2D eigenvalue weighted by molar-refractivity contribution is 0.0969. The second-order valence-corrected chi connectivity index (χ2v) is 5.39. The van der Waals surface area contributed by atoms with Gasteiger partial charge in [0.15, 0.2) is 5.78 Å². The first kappa shape index (κ1) is 15.5. The van der Waals surface area contributed by atoms with Crippen molar-refractivity contribution in [2.75, 3.05) is 14.2 Å². The smallest absolute Gasteiger partial charge is 0.166 e. The highest BCUT2D eigenvalue weighted by atomic mass is 16.5. The fraction of sp³-hybridized carbons (Fsp3) is 0.533. The van der Waals surface area contributed by atoms with Crippen LogP contribution in [0.3, 0.4) is 0 Å². The molecule has 0 radical (unpaired) electrons. The average Bonchev–Trinajstić information content (AvgIpc) is 2.34. The van der Waals surface area contributed by atoms with Crippen molar-refractivity contribution < 1.29 is 14.3 Å². The molecule has 0 saturated carbocycles. The van der Waals surface area contributed by atoms with Crippen LogP contribution in [-0.4, -0.2) is 25.5 Å². The van der Waals surface area contributed by atoms with E-state index in [1.165, 1.54) is 0 Å². The molecule has 4 nitrogen and oxygen atoms in total. The van der Waals surface area contributed by atoms with Crippen molar-refractivity contribution in [3.05, 3.63) is 23.3 Å². The molecule has 1 aromatic rings. The average molecular weight is 265 g/mol. The zero-order valence-electron chi connectivity index (χ0n) is 12.4. The van der Waals surface area contributed by atoms with Gasteiger partial charge in [0.05, 0.1) is 19.8 Å². The number of ketones is 1. The Bertz CT molecular complexity index is 461. The Morgan fingerprint density at radius 2 is 1.89 bits per heavy atom. The van der Waals surface area contributed by atoms with Gasteiger partial charge in [0.2, 0.25) is 0 Å². The third-order valence-corrected chi connectivity index (χ3v) is 3.08. The Hall–Kier alpha value is -1.55. The Morgan fingerprint density at radius 3 is 2.37 bits per heavy atom. The number of hydrogen-bond donors (Lipinski definition) is 1. The number of Topliss-reactive ketones (excluding diaryl/α,β-unsaturated/α-hetero) is 1. The highest BCUT2D eigenvalue weighted by Gasteiger charge is 2.19. The van der Waals surface area contributed by atoms with E-state index >= 15 is 0 Å². The Balaban J connectivity index is 3.00. The minimum absolute atomic E-state index is 0.0427. The molecular weight excluding hydrogens is 242 g/mol. The highest BCUT2D eigenvalue weighted by Crippen LogP contribution is 2.32. The molecule has 0 atom stereocenters. The quantitative estimate of drug-likeness (QED) is 0.803. The van der Waals surface area contributed by atoms with Gasteiger partial charge in [-0.15, -0.1) is 0 Å². The maximum Gasteiger partial charge on any atom is 0.166 e. The fourth-order valence-corrected chi connectivity index (χ4v) is 1.95. The Kier molecular flexibility index (Phi) is 4.95. The van der Waals surface area contributed by atoms with Crippen molar-refractivity contribution in [3.63, 3.8) is 0 Å². The van der Waals surface area contributed by atoms with Crippen molar-refractivity contribution in [1.82, 2.24) is 0 Å². The summed E-state index contributed by atoms with van der Waals surface area (Å²) in [5.41, 5.74) is 6.99. The largest absolute Gasteiger partial charge is 0.496 e. The summed E-state index contributed by atoms with van der Waals surface area (Å²) in [7, 11) is 3.16. The van der Waals surface area contributed by atoms with Crippen LogP contribution in [-0.2, 0) is 0 Å². The van der Waals surface area contributed by atoms with E-state index in [1.54, 1.807) is 26.4 Å². The van der Waals surface area contributed by atoms with Crippen LogP contribution >= 0.6 is 0 Å². The van der Waals surface area contributed by atoms with Crippen molar-refractivity contribution in [2.24, 2.45) is 5.73 Å². The third kappa shape index (κ3) is 3.96. The van der Waals surface area contributed by atoms with E-state index in [4.69, 9.17) is 15.2 Å². The van der Waals surface area contributed by atoms with Gasteiger partial charge in [0, 0.05) is 17.5 Å². The summed E-state index contributed by atoms with van der Waals surface area (Å²) in [6, 6.07) is 3.54. The van der Waals surface area contributed by atoms with Crippen molar-refractivity contribution >= 4 is 5.78 Å². The molecule has 0 heterocycles. The summed E-state index contributed by atoms with van der Waals surface area (Å²) in [5.74, 6) is 1.34. The lowest BCUT2D eigenvalue weighted by Gasteiger charge is -2.18. The summed E-state index contributed by atoms with van der Waals surface area (Å²) >= 11 is 0. The van der Waals surface area contributed by atoms with Gasteiger partial charge in [0.25, 0.3) is 0 Å². The van der Waals surface area contributed by atoms with E-state index in [1.807, 2.05) is 20.8 Å². The van der Waals surface area contributed by atoms with Crippen molar-refractivity contribution in [3.8, 4) is 11.5 Å². The molecule has 0 aliphatic heterocycles. The Labute approximate surface area is 114 Å². The molecule has 4 heteroatoms. The van der Waals surface area contributed by atoms with Crippen LogP contribution in [0.1, 0.15) is 42.6 Å². The van der Waals surface area contributed by atoms with Crippen LogP contribution in [0.5, 0.6) is 11.5 Å². The van der Waals surface area contributed by atoms with Crippen molar-refractivity contribution in [2.45, 2.75) is 39.2 Å². The molecule has 0 aromatic heterocycles. The van der Waals surface area contributed by atoms with Gasteiger partial charge in [-0.25, -0.2) is 0 Å². The molecule has 0 spiro atoms. The summed E-state index contributed by atoms with van der Waals surface area (Å²) in [6.07, 6.45) is 1.05. The SMILES string of the molecule is COc1ccc(C(=O)CCC(C)(C)N)c(OC)c1C. The molecule has 0 aliphatic rings. The fourth-order valence-electron chi connectivity index (χ4n) is 1.95. The third-order valence-electron chi connectivity index (χ3n) is 3.08. The number of ether oxygens (including phenoxy) is 2. The number of hydrogen-bond acceptors (Lipinski definition) is 4. The molecule has 0 saturated heterocycles. The predicted molar refractivity (Wildman–Crippen MR) is 76.1 cm³/mol. The highest BCUT2D eigenvalue weighted by molar-refractivity contribution is 5.99. The number of carbonyl (C=O) groups is 1. The summed E-state index contributed by atoms with van der Waals surface area (Å²) in [6.45, 7) is 5.70. The van der Waals surface area contributed by atoms with Gasteiger partial charge in [-0.05, 0) is 39.3 Å². The van der Waals surface area contributed by atoms with E-state index in [0.717, 1.165) is 5.56 Å². The molecular formula is C15H23NO3. The van der Waals surface area contributed by atoms with Crippen LogP contribution in [0.25, 0.3) is 0 Å². The zero-order valence-corrected chi connectivity index (χ0v) is 12.4. The van der Waals surface area contributed by atoms with Gasteiger partial charge >= 0.3 is 0 Å². The maximum absolute atomic E-state index is 12.2. The minimum atomic E-state index is -0.343. The molecule has 0 aliphatic carbocycles. The standard InChI is InChI=1S/C15H23NO3/c1-10-13(18-4)7-6-11(14(10)19-5)12(17)8-9-15(2,3)16/h6-7H,8-9,16H2,1-5H3. The van der Waals surface area contributed by atoms with Gasteiger partial charge < -0.3 is 15.2 Å². The first-order valence-corrected chi connectivity index (χ1v) is 6.34. The molecule has 19 heavy (non-hydrogen) atoms. The summed E-state index contributed by atoms with van der Waals surface area (Å²) in [4.78, 5) is 12.2. The molecule has 106 valence electrons. The first-order valence-electron chi connectivity index (χ1n) is 6.34. The predicted octanol–water partition coefficient (Wildman–Crippen LogP) is 2.71. The summed E-state index contributed by atoms with van der Waals surface area (Å²) in [5, 5.41) is 0. The van der Waals surface area contributed by atoms with Crippen LogP contribution in [0.2, 0.25) is 0 Å². The molecule has 1 aromatic carbocycles. The number of nitrogens with two attached hydrogens (primary N) is 1. The topological polar surface area (TPSA) is 61.5 Å². The number of methoxy groups -OCH3 is 2. The van der Waals surface area contributed by atoms with Crippen LogP contribution < -0.4 is 15.2 Å². The molecule has 0 bridgehead atoms. The van der Waals surface area contributed by atoms with Gasteiger partial charge in [-0.2, -0.15) is 0 Å². The monoisotopic (exact) mass is 265 g/mol. The molecule has 1 rings (SSSR count). The van der Waals surface area contributed by atoms with Gasteiger partial charge in [-0.1, -0.05) is 0 Å². The molecule has 0 amide bonds. The maximum atomic E-state index is 12.2. The zero-order chi connectivity index (χ0) is 14.6. The van der Waals surface area contributed by atoms with Crippen molar-refractivity contribution in [1.29, 1.82) is 0 Å². The van der Waals surface area contributed by atoms with E-state index in [-0.39, 0.29) is 11.3 Å². The summed E-state index contributed by atoms with van der Waals surface area (Å²) < 4.78 is 10.6. The minimum Gasteiger partial charge on any atom is -0.496 e. The molecule has 0 unspecified atom stereocenters. The normalized spacial score (nSPS) is 11.3. The molecule has 0 fully saturated rings. The second kappa shape index (κ2) is 6.06. The second-order valence-electron chi connectivity index (χ2n) is 5.39. The molecule has 2 N–H and O–H groups in total. The van der Waals surface area contributed by atoms with Crippen LogP contribution in [0.15, 0.2) is 12.1 Å². The lowest BCUT2D eigenvalue weighted by atomic mass is 9.95. The van der Waals surface area contributed by atoms with Gasteiger partial charge in [0.1, 0.15) is 11.5 Å². The van der Waals surface area contributed by atoms with Crippen LogP contribution in [0.4, 0.5) is 0 Å². The lowest BCUT2D eigenvalue weighted by Crippen LogP contribution is -2.32. The van der Waals surface area contributed by atoms with Crippen LogP contribution in [0, 0.1) is 6.92 Å². The van der Waals surface area contributed by atoms with E-state index in [0.29, 0.717) is 29.9 Å². The van der Waals surface area contributed by atoms with Gasteiger partial charge in [-0.3, -0.25) is 4.79 Å². The number of carbonyl (C=O) groups excluding carboxylic acids is 1. The Morgan fingerprint density at radius 1 is 1.26 bits per heavy atom. The van der Waals surface area contributed by atoms with E-state index in [2.05, 4.69) is 0 Å². The van der Waals surface area contributed by atoms with E-state index < -0.39 is 0 Å². The number of benzene rings is 1. The first-order chi connectivity index (χ1) is 8.80. The van der Waals surface area contributed by atoms with E-state index in [9.17, 15) is 4.79 Å². The number of rotatable bonds is 6.